The lowest BCUT2D eigenvalue weighted by Crippen LogP contribution is -2.57. The highest BCUT2D eigenvalue weighted by Crippen LogP contribution is 2.42. The van der Waals surface area contributed by atoms with E-state index in [0.717, 1.165) is 25.5 Å². The second kappa shape index (κ2) is 14.5. The first-order chi connectivity index (χ1) is 26.3. The van der Waals surface area contributed by atoms with E-state index in [9.17, 15) is 22.4 Å². The predicted octanol–water partition coefficient (Wildman–Crippen LogP) is 6.72. The minimum absolute atomic E-state index is 0.0246. The zero-order valence-electron chi connectivity index (χ0n) is 32.0. The summed E-state index contributed by atoms with van der Waals surface area (Å²) >= 11 is 0. The molecule has 1 amide bonds. The molecular weight excluding hydrogens is 744 g/mol. The average molecular weight is 788 g/mol. The number of carbonyl (C=O) groups excluding carboxylic acids is 1. The molecular formula is C38H43F6N9O3. The molecule has 1 aromatic carbocycles. The first-order valence-electron chi connectivity index (χ1n) is 18.5. The van der Waals surface area contributed by atoms with Gasteiger partial charge in [-0.15, -0.1) is 0 Å². The van der Waals surface area contributed by atoms with Crippen molar-refractivity contribution in [2.45, 2.75) is 109 Å². The van der Waals surface area contributed by atoms with Crippen molar-refractivity contribution in [1.29, 1.82) is 0 Å². The molecule has 6 heterocycles. The Bertz CT molecular complexity index is 2110. The van der Waals surface area contributed by atoms with Gasteiger partial charge in [0.25, 0.3) is 0 Å². The third-order valence-corrected chi connectivity index (χ3v) is 10.7. The van der Waals surface area contributed by atoms with Crippen LogP contribution in [0.3, 0.4) is 0 Å². The highest BCUT2D eigenvalue weighted by atomic mass is 19.4. The van der Waals surface area contributed by atoms with Gasteiger partial charge in [0.1, 0.15) is 41.2 Å². The second-order valence-electron chi connectivity index (χ2n) is 16.0. The van der Waals surface area contributed by atoms with Crippen molar-refractivity contribution in [2.24, 2.45) is 5.10 Å². The Kier molecular flexibility index (Phi) is 10.2. The number of piperazine rings is 1. The zero-order chi connectivity index (χ0) is 40.3. The van der Waals surface area contributed by atoms with Gasteiger partial charge < -0.3 is 14.4 Å². The number of nitrogens with zero attached hydrogens (tertiary/aromatic N) is 8. The van der Waals surface area contributed by atoms with Crippen molar-refractivity contribution >= 4 is 34.5 Å². The van der Waals surface area contributed by atoms with Gasteiger partial charge in [-0.1, -0.05) is 5.92 Å². The summed E-state index contributed by atoms with van der Waals surface area (Å²) in [6, 6.07) is 0.477. The van der Waals surface area contributed by atoms with Crippen LogP contribution in [0, 0.1) is 37.3 Å². The zero-order valence-corrected chi connectivity index (χ0v) is 32.0. The molecule has 7 rings (SSSR count). The number of ether oxygens (including phenoxy) is 2. The van der Waals surface area contributed by atoms with Gasteiger partial charge in [0.05, 0.1) is 40.1 Å². The molecule has 1 N–H and O–H groups in total. The highest BCUT2D eigenvalue weighted by molar-refractivity contribution is 5.99. The number of hydrazone groups is 1. The summed E-state index contributed by atoms with van der Waals surface area (Å²) in [5.41, 5.74) is -1.16. The molecule has 2 aromatic heterocycles. The number of carbonyl (C=O) groups is 1. The lowest BCUT2D eigenvalue weighted by molar-refractivity contribution is -0.139. The average Bonchev–Trinajstić information content (AvgIpc) is 3.71. The molecule has 300 valence electrons. The van der Waals surface area contributed by atoms with Gasteiger partial charge in [0.15, 0.2) is 5.82 Å². The Hall–Kier alpha value is -4.92. The molecule has 56 heavy (non-hydrogen) atoms. The van der Waals surface area contributed by atoms with E-state index in [1.54, 1.807) is 25.7 Å². The maximum Gasteiger partial charge on any atom is 0.419 e. The molecule has 0 unspecified atom stereocenters. The molecule has 4 atom stereocenters. The molecule has 0 radical (unpaired) electrons. The number of rotatable bonds is 6. The number of anilines is 2. The van der Waals surface area contributed by atoms with E-state index in [1.165, 1.54) is 20.8 Å². The lowest BCUT2D eigenvalue weighted by Gasteiger charge is -2.42. The third kappa shape index (κ3) is 7.74. The van der Waals surface area contributed by atoms with Gasteiger partial charge in [-0.25, -0.2) is 33.4 Å². The van der Waals surface area contributed by atoms with Crippen molar-refractivity contribution in [2.75, 3.05) is 43.1 Å². The van der Waals surface area contributed by atoms with Crippen LogP contribution >= 0.6 is 0 Å². The molecule has 4 aliphatic heterocycles. The van der Waals surface area contributed by atoms with E-state index < -0.39 is 52.3 Å². The van der Waals surface area contributed by atoms with E-state index in [2.05, 4.69) is 47.2 Å². The number of aromatic nitrogens is 4. The van der Waals surface area contributed by atoms with Crippen molar-refractivity contribution in [3.63, 3.8) is 0 Å². The quantitative estimate of drug-likeness (QED) is 0.125. The number of hydrogen-bond donors (Lipinski definition) is 1. The van der Waals surface area contributed by atoms with Crippen LogP contribution in [0.1, 0.15) is 82.3 Å². The summed E-state index contributed by atoms with van der Waals surface area (Å²) in [7, 11) is 0. The van der Waals surface area contributed by atoms with Crippen LogP contribution in [-0.4, -0.2) is 104 Å². The fourth-order valence-electron chi connectivity index (χ4n) is 8.41. The number of alkyl halides is 4. The number of halogens is 6. The van der Waals surface area contributed by atoms with Crippen LogP contribution in [-0.2, 0) is 10.9 Å². The summed E-state index contributed by atoms with van der Waals surface area (Å²) in [5, 5.41) is 4.04. The van der Waals surface area contributed by atoms with Crippen LogP contribution in [0.25, 0.3) is 10.9 Å². The molecule has 12 nitrogen and oxygen atoms in total. The topological polar surface area (TPSA) is 121 Å². The SMILES string of the molecule is C/C(C#Cc1c(F)cc2c(N3C[C@H]4CC[C@@H](C3)N4C(=O)OC(C)(C)C)nc(OC[C@@]34CCCN3C[C@H](F)C4)nc2c1F)=N/Nc1nc(C)c(C(F)(F)F)c(C)n1. The van der Waals surface area contributed by atoms with Crippen LogP contribution in [0.4, 0.5) is 42.9 Å². The summed E-state index contributed by atoms with van der Waals surface area (Å²) in [5.74, 6) is 2.98. The molecule has 4 fully saturated rings. The fourth-order valence-corrected chi connectivity index (χ4v) is 8.41. The van der Waals surface area contributed by atoms with E-state index in [0.29, 0.717) is 38.9 Å². The number of amides is 1. The minimum atomic E-state index is -4.63. The first-order valence-corrected chi connectivity index (χ1v) is 18.5. The molecule has 0 saturated carbocycles. The van der Waals surface area contributed by atoms with Crippen LogP contribution in [0.15, 0.2) is 11.2 Å². The van der Waals surface area contributed by atoms with Crippen LogP contribution in [0.2, 0.25) is 0 Å². The van der Waals surface area contributed by atoms with Gasteiger partial charge in [-0.2, -0.15) is 28.2 Å². The Balaban J connectivity index is 1.21. The summed E-state index contributed by atoms with van der Waals surface area (Å²) < 4.78 is 98.8. The minimum Gasteiger partial charge on any atom is -0.461 e. The van der Waals surface area contributed by atoms with E-state index in [4.69, 9.17) is 9.47 Å². The smallest absolute Gasteiger partial charge is 0.419 e. The number of hydrogen-bond acceptors (Lipinski definition) is 11. The first kappa shape index (κ1) is 39.3. The van der Waals surface area contributed by atoms with Gasteiger partial charge in [0, 0.05) is 31.4 Å². The fraction of sp³-hybridized carbons (Fsp3) is 0.579. The largest absolute Gasteiger partial charge is 0.461 e. The molecule has 0 aliphatic carbocycles. The van der Waals surface area contributed by atoms with E-state index >= 15 is 8.78 Å². The number of nitrogens with one attached hydrogen (secondary N) is 1. The standard InChI is InChI=1S/C38H43F6N9O3/c1-20(49-50-33-45-21(2)29(22(3)46-33)38(42,43)44)8-11-26-28(40)14-27-31(30(26)41)47-34(55-19-37-12-7-13-52(37)16-23(39)15-37)48-32(27)51-17-24-9-10-25(18-51)53(24)35(54)56-36(4,5)6/h14,23-25H,7,9-10,12-13,15-19H2,1-6H3,(H,45,46,50)/b49-20-/t23-,24-,25+,37+/m1/s1. The molecule has 18 heteroatoms. The van der Waals surface area contributed by atoms with E-state index in [-0.39, 0.29) is 64.5 Å². The summed E-state index contributed by atoms with van der Waals surface area (Å²) in [4.78, 5) is 35.6. The Morgan fingerprint density at radius 3 is 2.38 bits per heavy atom. The summed E-state index contributed by atoms with van der Waals surface area (Å²) in [6.07, 6.45) is -2.73. The highest BCUT2D eigenvalue weighted by Gasteiger charge is 2.50. The van der Waals surface area contributed by atoms with Crippen molar-refractivity contribution in [3.05, 3.63) is 40.2 Å². The predicted molar refractivity (Wildman–Crippen MR) is 195 cm³/mol. The Morgan fingerprint density at radius 1 is 1.05 bits per heavy atom. The van der Waals surface area contributed by atoms with Crippen molar-refractivity contribution in [3.8, 4) is 17.9 Å². The molecule has 3 aromatic rings. The number of fused-ring (bicyclic) bond motifs is 4. The molecule has 4 saturated heterocycles. The maximum absolute atomic E-state index is 16.5. The van der Waals surface area contributed by atoms with Gasteiger partial charge in [-0.05, 0) is 85.8 Å². The molecule has 0 spiro atoms. The second-order valence-corrected chi connectivity index (χ2v) is 16.0. The van der Waals surface area contributed by atoms with Crippen LogP contribution in [0.5, 0.6) is 6.01 Å². The third-order valence-electron chi connectivity index (χ3n) is 10.7. The molecule has 2 bridgehead atoms. The maximum atomic E-state index is 16.5. The number of benzene rings is 1. The molecule has 4 aliphatic rings. The van der Waals surface area contributed by atoms with Gasteiger partial charge in [0.2, 0.25) is 5.95 Å². The lowest BCUT2D eigenvalue weighted by atomic mass is 9.95. The van der Waals surface area contributed by atoms with Crippen molar-refractivity contribution < 1.29 is 40.6 Å². The normalized spacial score (nSPS) is 24.0. The van der Waals surface area contributed by atoms with Crippen molar-refractivity contribution in [1.82, 2.24) is 29.7 Å². The Labute approximate surface area is 320 Å². The van der Waals surface area contributed by atoms with Gasteiger partial charge >= 0.3 is 18.3 Å². The van der Waals surface area contributed by atoms with E-state index in [1.807, 2.05) is 4.90 Å². The number of aryl methyl sites for hydroxylation is 2. The summed E-state index contributed by atoms with van der Waals surface area (Å²) in [6.45, 7) is 11.0. The monoisotopic (exact) mass is 787 g/mol. The van der Waals surface area contributed by atoms with Gasteiger partial charge in [-0.3, -0.25) is 9.80 Å². The van der Waals surface area contributed by atoms with Crippen LogP contribution < -0.4 is 15.1 Å². The Morgan fingerprint density at radius 2 is 1.73 bits per heavy atom.